The van der Waals surface area contributed by atoms with Crippen molar-refractivity contribution in [2.75, 3.05) is 0 Å². The number of aromatic nitrogens is 3. The standard InChI is InChI=1S/C18H17N5O/c1-22-13-15(11-21-22)17-9-8-16(12-19-17)23(2)18(24)20-10-14-6-4-3-5-7-14/h3-9,11-13H,2,10H2,1H3/p+1. The molecule has 0 unspecified atom stereocenters. The van der Waals surface area contributed by atoms with Crippen LogP contribution in [0.4, 0.5) is 10.5 Å². The van der Waals surface area contributed by atoms with Gasteiger partial charge >= 0.3 is 6.03 Å². The molecule has 0 radical (unpaired) electrons. The third-order valence-electron chi connectivity index (χ3n) is 3.59. The molecule has 120 valence electrons. The molecular formula is C18H18N5O+. The van der Waals surface area contributed by atoms with E-state index in [1.54, 1.807) is 17.1 Å². The van der Waals surface area contributed by atoms with Crippen molar-refractivity contribution in [1.82, 2.24) is 20.1 Å². The molecule has 3 rings (SSSR count). The first-order valence-corrected chi connectivity index (χ1v) is 7.51. The van der Waals surface area contributed by atoms with Crippen LogP contribution >= 0.6 is 0 Å². The molecule has 0 atom stereocenters. The molecule has 1 N–H and O–H groups in total. The van der Waals surface area contributed by atoms with Crippen LogP contribution < -0.4 is 5.32 Å². The smallest absolute Gasteiger partial charge is 0.275 e. The van der Waals surface area contributed by atoms with E-state index in [2.05, 4.69) is 22.1 Å². The highest BCUT2D eigenvalue weighted by molar-refractivity contribution is 5.70. The molecule has 2 aromatic heterocycles. The minimum atomic E-state index is -0.283. The van der Waals surface area contributed by atoms with Crippen molar-refractivity contribution in [2.45, 2.75) is 6.54 Å². The van der Waals surface area contributed by atoms with Gasteiger partial charge in [0, 0.05) is 18.8 Å². The van der Waals surface area contributed by atoms with Gasteiger partial charge in [0.05, 0.1) is 24.8 Å². The third kappa shape index (κ3) is 3.55. The van der Waals surface area contributed by atoms with Crippen molar-refractivity contribution in [1.29, 1.82) is 0 Å². The number of hydrogen-bond acceptors (Lipinski definition) is 3. The molecule has 0 saturated heterocycles. The van der Waals surface area contributed by atoms with Gasteiger partial charge in [-0.25, -0.2) is 5.32 Å². The van der Waals surface area contributed by atoms with E-state index in [0.29, 0.717) is 12.2 Å². The van der Waals surface area contributed by atoms with E-state index >= 15 is 0 Å². The van der Waals surface area contributed by atoms with Crippen LogP contribution in [0, 0.1) is 0 Å². The van der Waals surface area contributed by atoms with Crippen LogP contribution in [0.3, 0.4) is 0 Å². The number of pyridine rings is 1. The van der Waals surface area contributed by atoms with E-state index in [1.165, 1.54) is 4.58 Å². The average Bonchev–Trinajstić information content (AvgIpc) is 3.06. The quantitative estimate of drug-likeness (QED) is 0.594. The van der Waals surface area contributed by atoms with Crippen molar-refractivity contribution in [3.05, 3.63) is 66.6 Å². The SMILES string of the molecule is C=[N+](C(=O)NCc1ccccc1)c1ccc(-c2cnn(C)c2)nc1. The first kappa shape index (κ1) is 15.6. The van der Waals surface area contributed by atoms with Crippen LogP contribution in [-0.4, -0.2) is 32.1 Å². The largest absolute Gasteiger partial charge is 0.496 e. The topological polar surface area (TPSA) is 62.8 Å². The number of benzene rings is 1. The lowest BCUT2D eigenvalue weighted by Gasteiger charge is -2.04. The normalized spacial score (nSPS) is 10.4. The number of urea groups is 1. The second-order valence-corrected chi connectivity index (χ2v) is 5.38. The number of aryl methyl sites for hydroxylation is 1. The summed E-state index contributed by atoms with van der Waals surface area (Å²) in [5.74, 6) is 0. The van der Waals surface area contributed by atoms with Crippen molar-refractivity contribution in [2.24, 2.45) is 7.05 Å². The van der Waals surface area contributed by atoms with E-state index in [4.69, 9.17) is 0 Å². The van der Waals surface area contributed by atoms with Crippen LogP contribution in [0.5, 0.6) is 0 Å². The van der Waals surface area contributed by atoms with Crippen molar-refractivity contribution in [3.63, 3.8) is 0 Å². The maximum absolute atomic E-state index is 12.2. The molecule has 6 nitrogen and oxygen atoms in total. The molecule has 24 heavy (non-hydrogen) atoms. The Morgan fingerprint density at radius 2 is 2.00 bits per heavy atom. The summed E-state index contributed by atoms with van der Waals surface area (Å²) in [5.41, 5.74) is 3.37. The van der Waals surface area contributed by atoms with E-state index in [-0.39, 0.29) is 6.03 Å². The third-order valence-corrected chi connectivity index (χ3v) is 3.59. The number of carbonyl (C=O) groups excluding carboxylic acids is 1. The van der Waals surface area contributed by atoms with Crippen molar-refractivity contribution < 1.29 is 9.37 Å². The summed E-state index contributed by atoms with van der Waals surface area (Å²) in [6.07, 6.45) is 5.25. The molecule has 6 heteroatoms. The summed E-state index contributed by atoms with van der Waals surface area (Å²) in [5, 5.41) is 6.95. The highest BCUT2D eigenvalue weighted by Crippen LogP contribution is 2.18. The van der Waals surface area contributed by atoms with Crippen LogP contribution in [0.15, 0.2) is 61.1 Å². The first-order chi connectivity index (χ1) is 11.6. The van der Waals surface area contributed by atoms with E-state index in [0.717, 1.165) is 16.8 Å². The Bertz CT molecular complexity index is 853. The Balaban J connectivity index is 1.65. The fraction of sp³-hybridized carbons (Fsp3) is 0.111. The lowest BCUT2D eigenvalue weighted by Crippen LogP contribution is -2.29. The fourth-order valence-corrected chi connectivity index (χ4v) is 2.26. The molecular weight excluding hydrogens is 302 g/mol. The Morgan fingerprint density at radius 1 is 1.21 bits per heavy atom. The van der Waals surface area contributed by atoms with Gasteiger partial charge in [-0.05, 0) is 17.7 Å². The average molecular weight is 320 g/mol. The predicted molar refractivity (Wildman–Crippen MR) is 92.2 cm³/mol. The molecule has 0 fully saturated rings. The van der Waals surface area contributed by atoms with Gasteiger partial charge < -0.3 is 0 Å². The van der Waals surface area contributed by atoms with Gasteiger partial charge in [-0.2, -0.15) is 14.5 Å². The van der Waals surface area contributed by atoms with E-state index in [1.807, 2.05) is 55.7 Å². The summed E-state index contributed by atoms with van der Waals surface area (Å²) in [4.78, 5) is 16.6. The van der Waals surface area contributed by atoms with Crippen LogP contribution in [0.1, 0.15) is 5.56 Å². The van der Waals surface area contributed by atoms with Gasteiger partial charge in [-0.1, -0.05) is 30.3 Å². The summed E-state index contributed by atoms with van der Waals surface area (Å²) in [6, 6.07) is 13.1. The zero-order chi connectivity index (χ0) is 16.9. The maximum Gasteiger partial charge on any atom is 0.496 e. The lowest BCUT2D eigenvalue weighted by atomic mass is 10.2. The minimum absolute atomic E-state index is 0.283. The molecule has 0 aliphatic rings. The number of carbonyl (C=O) groups is 1. The van der Waals surface area contributed by atoms with Gasteiger partial charge in [0.25, 0.3) is 0 Å². The Hall–Kier alpha value is -3.28. The zero-order valence-corrected chi connectivity index (χ0v) is 13.4. The van der Waals surface area contributed by atoms with Gasteiger partial charge in [0.15, 0.2) is 5.69 Å². The van der Waals surface area contributed by atoms with Crippen LogP contribution in [0.25, 0.3) is 11.3 Å². The highest BCUT2D eigenvalue weighted by atomic mass is 16.2. The maximum atomic E-state index is 12.2. The molecule has 2 heterocycles. The molecule has 0 aliphatic carbocycles. The van der Waals surface area contributed by atoms with Gasteiger partial charge in [-0.15, -0.1) is 0 Å². The fourth-order valence-electron chi connectivity index (χ4n) is 2.26. The summed E-state index contributed by atoms with van der Waals surface area (Å²) < 4.78 is 3.01. The molecule has 0 aliphatic heterocycles. The first-order valence-electron chi connectivity index (χ1n) is 7.51. The Labute approximate surface area is 140 Å². The summed E-state index contributed by atoms with van der Waals surface area (Å²) in [6.45, 7) is 4.24. The van der Waals surface area contributed by atoms with Crippen LogP contribution in [0.2, 0.25) is 0 Å². The van der Waals surface area contributed by atoms with Gasteiger partial charge in [0.1, 0.15) is 6.54 Å². The number of amides is 2. The number of rotatable bonds is 4. The van der Waals surface area contributed by atoms with Crippen molar-refractivity contribution >= 4 is 18.4 Å². The zero-order valence-electron chi connectivity index (χ0n) is 13.4. The molecule has 0 spiro atoms. The number of hydrogen-bond donors (Lipinski definition) is 1. The molecule has 3 aromatic rings. The molecule has 1 aromatic carbocycles. The number of nitrogens with one attached hydrogen (secondary N) is 1. The molecule has 0 bridgehead atoms. The monoisotopic (exact) mass is 320 g/mol. The second-order valence-electron chi connectivity index (χ2n) is 5.38. The number of nitrogens with zero attached hydrogens (tertiary/aromatic N) is 4. The molecule has 2 amide bonds. The lowest BCUT2D eigenvalue weighted by molar-refractivity contribution is -0.323. The second kappa shape index (κ2) is 6.87. The van der Waals surface area contributed by atoms with Gasteiger partial charge in [-0.3, -0.25) is 9.67 Å². The van der Waals surface area contributed by atoms with Gasteiger partial charge in [0.2, 0.25) is 0 Å². The minimum Gasteiger partial charge on any atom is -0.275 e. The Kier molecular flexibility index (Phi) is 4.47. The Morgan fingerprint density at radius 3 is 2.62 bits per heavy atom. The molecule has 0 saturated carbocycles. The van der Waals surface area contributed by atoms with Crippen LogP contribution in [-0.2, 0) is 13.6 Å². The highest BCUT2D eigenvalue weighted by Gasteiger charge is 2.16. The van der Waals surface area contributed by atoms with E-state index in [9.17, 15) is 4.79 Å². The van der Waals surface area contributed by atoms with E-state index < -0.39 is 0 Å². The van der Waals surface area contributed by atoms with Crippen molar-refractivity contribution in [3.8, 4) is 11.3 Å². The predicted octanol–water partition coefficient (Wildman–Crippen LogP) is 2.74. The summed E-state index contributed by atoms with van der Waals surface area (Å²) >= 11 is 0. The summed E-state index contributed by atoms with van der Waals surface area (Å²) in [7, 11) is 1.85.